The molecule has 0 radical (unpaired) electrons. The molecular formula is C17H33N3O5. The third-order valence-electron chi connectivity index (χ3n) is 2.80. The van der Waals surface area contributed by atoms with Crippen molar-refractivity contribution in [1.29, 1.82) is 0 Å². The normalized spacial score (nSPS) is 12.9. The van der Waals surface area contributed by atoms with Crippen LogP contribution in [0.3, 0.4) is 0 Å². The summed E-state index contributed by atoms with van der Waals surface area (Å²) in [6, 6.07) is -0.753. The Morgan fingerprint density at radius 3 is 2.00 bits per heavy atom. The molecule has 1 atom stereocenters. The van der Waals surface area contributed by atoms with Crippen molar-refractivity contribution in [1.82, 2.24) is 10.6 Å². The van der Waals surface area contributed by atoms with Gasteiger partial charge in [-0.1, -0.05) is 0 Å². The van der Waals surface area contributed by atoms with Crippen molar-refractivity contribution < 1.29 is 23.9 Å². The van der Waals surface area contributed by atoms with Crippen molar-refractivity contribution in [3.63, 3.8) is 0 Å². The van der Waals surface area contributed by atoms with E-state index in [-0.39, 0.29) is 6.54 Å². The van der Waals surface area contributed by atoms with Gasteiger partial charge in [0.25, 0.3) is 0 Å². The van der Waals surface area contributed by atoms with E-state index in [9.17, 15) is 14.4 Å². The fraction of sp³-hybridized carbons (Fsp3) is 0.824. The van der Waals surface area contributed by atoms with Crippen molar-refractivity contribution in [2.45, 2.75) is 78.0 Å². The third-order valence-corrected chi connectivity index (χ3v) is 2.80. The molecule has 0 aliphatic heterocycles. The number of carbonyl (C=O) groups is 3. The lowest BCUT2D eigenvalue weighted by molar-refractivity contribution is -0.158. The van der Waals surface area contributed by atoms with Crippen LogP contribution in [0.4, 0.5) is 4.79 Å². The van der Waals surface area contributed by atoms with E-state index in [2.05, 4.69) is 10.6 Å². The van der Waals surface area contributed by atoms with Crippen molar-refractivity contribution in [3.8, 4) is 0 Å². The molecule has 8 heteroatoms. The molecule has 0 bridgehead atoms. The Labute approximate surface area is 150 Å². The maximum Gasteiger partial charge on any atom is 0.407 e. The van der Waals surface area contributed by atoms with E-state index in [4.69, 9.17) is 15.2 Å². The number of nitrogens with two attached hydrogens (primary N) is 1. The number of nitrogens with one attached hydrogen (secondary N) is 2. The number of rotatable bonds is 8. The lowest BCUT2D eigenvalue weighted by Crippen LogP contribution is -2.46. The minimum absolute atomic E-state index is 0.195. The van der Waals surface area contributed by atoms with Gasteiger partial charge in [0.2, 0.25) is 5.91 Å². The lowest BCUT2D eigenvalue weighted by atomic mass is 10.1. The third kappa shape index (κ3) is 13.2. The van der Waals surface area contributed by atoms with Crippen LogP contribution < -0.4 is 16.4 Å². The SMILES string of the molecule is CC(C)(C)OC(=O)NCCCC[C@@H](NC(=O)CN)C(=O)OC(C)(C)C. The van der Waals surface area contributed by atoms with E-state index in [1.54, 1.807) is 41.5 Å². The van der Waals surface area contributed by atoms with Gasteiger partial charge in [-0.05, 0) is 60.8 Å². The molecule has 4 N–H and O–H groups in total. The molecule has 2 amide bonds. The zero-order valence-electron chi connectivity index (χ0n) is 16.2. The van der Waals surface area contributed by atoms with Gasteiger partial charge in [-0.2, -0.15) is 0 Å². The highest BCUT2D eigenvalue weighted by molar-refractivity contribution is 5.85. The average Bonchev–Trinajstić information content (AvgIpc) is 2.41. The zero-order valence-corrected chi connectivity index (χ0v) is 16.2. The highest BCUT2D eigenvalue weighted by atomic mass is 16.6. The number of esters is 1. The summed E-state index contributed by atoms with van der Waals surface area (Å²) in [5, 5.41) is 5.22. The van der Waals surface area contributed by atoms with E-state index in [1.165, 1.54) is 0 Å². The second-order valence-electron chi connectivity index (χ2n) is 7.78. The molecule has 0 aliphatic rings. The number of amides is 2. The molecule has 0 aromatic rings. The molecule has 0 saturated carbocycles. The molecule has 0 aromatic heterocycles. The summed E-state index contributed by atoms with van der Waals surface area (Å²) < 4.78 is 10.4. The van der Waals surface area contributed by atoms with Gasteiger partial charge >= 0.3 is 12.1 Å². The predicted molar refractivity (Wildman–Crippen MR) is 94.9 cm³/mol. The van der Waals surface area contributed by atoms with Crippen LogP contribution in [0.15, 0.2) is 0 Å². The number of hydrogen-bond donors (Lipinski definition) is 3. The van der Waals surface area contributed by atoms with E-state index in [0.717, 1.165) is 0 Å². The van der Waals surface area contributed by atoms with Gasteiger partial charge in [0.05, 0.1) is 6.54 Å². The van der Waals surface area contributed by atoms with E-state index in [0.29, 0.717) is 25.8 Å². The van der Waals surface area contributed by atoms with Crippen LogP contribution in [0.2, 0.25) is 0 Å². The van der Waals surface area contributed by atoms with Gasteiger partial charge in [-0.25, -0.2) is 9.59 Å². The van der Waals surface area contributed by atoms with Crippen LogP contribution in [-0.2, 0) is 19.1 Å². The quantitative estimate of drug-likeness (QED) is 0.446. The predicted octanol–water partition coefficient (Wildman–Crippen LogP) is 1.47. The Bertz CT molecular complexity index is 452. The van der Waals surface area contributed by atoms with Crippen molar-refractivity contribution >= 4 is 18.0 Å². The van der Waals surface area contributed by atoms with Gasteiger partial charge in [0.15, 0.2) is 0 Å². The molecule has 0 heterocycles. The molecule has 0 rings (SSSR count). The van der Waals surface area contributed by atoms with E-state index >= 15 is 0 Å². The minimum Gasteiger partial charge on any atom is -0.458 e. The van der Waals surface area contributed by atoms with E-state index in [1.807, 2.05) is 0 Å². The van der Waals surface area contributed by atoms with Gasteiger partial charge in [0, 0.05) is 6.54 Å². The Hall–Kier alpha value is -1.83. The van der Waals surface area contributed by atoms with E-state index < -0.39 is 35.2 Å². The Morgan fingerprint density at radius 1 is 0.960 bits per heavy atom. The molecule has 0 aliphatic carbocycles. The molecular weight excluding hydrogens is 326 g/mol. The molecule has 146 valence electrons. The molecule has 0 spiro atoms. The number of unbranched alkanes of at least 4 members (excludes halogenated alkanes) is 1. The second kappa shape index (κ2) is 10.2. The highest BCUT2D eigenvalue weighted by Gasteiger charge is 2.26. The first-order valence-electron chi connectivity index (χ1n) is 8.53. The topological polar surface area (TPSA) is 120 Å². The summed E-state index contributed by atoms with van der Waals surface area (Å²) in [6.07, 6.45) is 1.17. The zero-order chi connectivity index (χ0) is 19.7. The largest absolute Gasteiger partial charge is 0.458 e. The fourth-order valence-electron chi connectivity index (χ4n) is 1.85. The van der Waals surface area contributed by atoms with Crippen LogP contribution in [0, 0.1) is 0 Å². The van der Waals surface area contributed by atoms with Crippen LogP contribution in [0.5, 0.6) is 0 Å². The summed E-state index contributed by atoms with van der Waals surface area (Å²) in [7, 11) is 0. The number of alkyl carbamates (subject to hydrolysis) is 1. The van der Waals surface area contributed by atoms with Crippen LogP contribution in [0.1, 0.15) is 60.8 Å². The van der Waals surface area contributed by atoms with Gasteiger partial charge in [0.1, 0.15) is 17.2 Å². The van der Waals surface area contributed by atoms with Gasteiger partial charge < -0.3 is 25.8 Å². The standard InChI is InChI=1S/C17H33N3O5/c1-16(2,3)24-14(22)12(20-13(21)11-18)9-7-8-10-19-15(23)25-17(4,5)6/h12H,7-11,18H2,1-6H3,(H,19,23)(H,20,21)/t12-/m1/s1. The number of ether oxygens (including phenoxy) is 2. The average molecular weight is 359 g/mol. The summed E-state index contributed by atoms with van der Waals surface area (Å²) in [5.74, 6) is -0.905. The monoisotopic (exact) mass is 359 g/mol. The molecule has 0 saturated heterocycles. The highest BCUT2D eigenvalue weighted by Crippen LogP contribution is 2.11. The van der Waals surface area contributed by atoms with Gasteiger partial charge in [-0.15, -0.1) is 0 Å². The van der Waals surface area contributed by atoms with Crippen LogP contribution in [-0.4, -0.2) is 48.3 Å². The van der Waals surface area contributed by atoms with Crippen molar-refractivity contribution in [2.75, 3.05) is 13.1 Å². The van der Waals surface area contributed by atoms with Crippen molar-refractivity contribution in [2.24, 2.45) is 5.73 Å². The first-order chi connectivity index (χ1) is 11.3. The molecule has 0 aromatic carbocycles. The number of carbonyl (C=O) groups excluding carboxylic acids is 3. The Kier molecular flexibility index (Phi) is 9.48. The second-order valence-corrected chi connectivity index (χ2v) is 7.78. The molecule has 0 unspecified atom stereocenters. The maximum atomic E-state index is 12.2. The summed E-state index contributed by atoms with van der Waals surface area (Å²) in [6.45, 7) is 10.9. The molecule has 0 fully saturated rings. The minimum atomic E-state index is -0.753. The maximum absolute atomic E-state index is 12.2. The van der Waals surface area contributed by atoms with Gasteiger partial charge in [-0.3, -0.25) is 4.79 Å². The molecule has 25 heavy (non-hydrogen) atoms. The fourth-order valence-corrected chi connectivity index (χ4v) is 1.85. The van der Waals surface area contributed by atoms with Crippen molar-refractivity contribution in [3.05, 3.63) is 0 Å². The Morgan fingerprint density at radius 2 is 1.52 bits per heavy atom. The summed E-state index contributed by atoms with van der Waals surface area (Å²) in [5.41, 5.74) is 4.10. The summed E-state index contributed by atoms with van der Waals surface area (Å²) in [4.78, 5) is 35.2. The molecule has 8 nitrogen and oxygen atoms in total. The Balaban J connectivity index is 4.32. The first-order valence-corrected chi connectivity index (χ1v) is 8.53. The number of hydrogen-bond acceptors (Lipinski definition) is 6. The summed E-state index contributed by atoms with van der Waals surface area (Å²) >= 11 is 0. The smallest absolute Gasteiger partial charge is 0.407 e. The van der Waals surface area contributed by atoms with Crippen LogP contribution >= 0.6 is 0 Å². The lowest BCUT2D eigenvalue weighted by Gasteiger charge is -2.24. The first kappa shape index (κ1) is 23.2. The van der Waals surface area contributed by atoms with Crippen LogP contribution in [0.25, 0.3) is 0 Å².